The number of carbonyl (C=O) groups excluding carboxylic acids is 4. The molecule has 102 heavy (non-hydrogen) atoms. The van der Waals surface area contributed by atoms with Crippen molar-refractivity contribution in [3.8, 4) is 0 Å². The fourth-order valence-electron chi connectivity index (χ4n) is 12.8. The van der Waals surface area contributed by atoms with E-state index in [1.165, 1.54) is 231 Å². The van der Waals surface area contributed by atoms with Gasteiger partial charge in [-0.2, -0.15) is 0 Å². The van der Waals surface area contributed by atoms with Gasteiger partial charge in [-0.15, -0.1) is 0 Å². The summed E-state index contributed by atoms with van der Waals surface area (Å²) in [7, 11) is -9.92. The molecule has 0 radical (unpaired) electrons. The van der Waals surface area contributed by atoms with Gasteiger partial charge in [0, 0.05) is 25.7 Å². The normalized spacial score (nSPS) is 14.3. The predicted molar refractivity (Wildman–Crippen MR) is 418 cm³/mol. The van der Waals surface area contributed by atoms with Gasteiger partial charge < -0.3 is 33.8 Å². The molecule has 0 aliphatic carbocycles. The van der Waals surface area contributed by atoms with Crippen molar-refractivity contribution in [1.82, 2.24) is 0 Å². The number of aliphatic hydroxyl groups is 1. The highest BCUT2D eigenvalue weighted by Gasteiger charge is 2.30. The van der Waals surface area contributed by atoms with Crippen molar-refractivity contribution in [2.45, 2.75) is 446 Å². The standard InChI is InChI=1S/C83H162O17P2/c1-9-76(8)62-54-46-38-29-23-19-14-12-10-11-13-15-21-25-31-41-49-57-65-82(87)99-78(69-93-80(85)63-55-47-39-30-24-20-17-16-18-22-27-35-43-51-59-73(2)3)71-97-101(89,90)95-67-77(84)68-96-102(91,92)98-72-79(70-94-81(86)64-56-48-40-34-33-37-45-53-61-75(6)7)100-83(88)66-58-50-42-32-26-28-36-44-52-60-74(4)5/h73-79,84H,9-72H2,1-8H3,(H,89,90)(H,91,92)/t76?,77?,78-,79-/m1/s1. The van der Waals surface area contributed by atoms with Crippen LogP contribution in [0.3, 0.4) is 0 Å². The molecule has 606 valence electrons. The van der Waals surface area contributed by atoms with Crippen molar-refractivity contribution >= 4 is 39.5 Å². The SMILES string of the molecule is CCC(C)CCCCCCCCCCCCCCCCCCCCC(=O)O[C@H](COC(=O)CCCCCCCCCCCCCCCCC(C)C)COP(=O)(O)OCC(O)COP(=O)(O)OC[C@@H](COC(=O)CCCCCCCCCCC(C)C)OC(=O)CCCCCCCCCCCC(C)C. The summed E-state index contributed by atoms with van der Waals surface area (Å²) < 4.78 is 68.8. The fraction of sp³-hybridized carbons (Fsp3) is 0.952. The Morgan fingerprint density at radius 3 is 0.696 bits per heavy atom. The molecule has 0 heterocycles. The van der Waals surface area contributed by atoms with Crippen molar-refractivity contribution in [3.05, 3.63) is 0 Å². The van der Waals surface area contributed by atoms with Crippen LogP contribution < -0.4 is 0 Å². The van der Waals surface area contributed by atoms with Crippen LogP contribution in [0.25, 0.3) is 0 Å². The summed E-state index contributed by atoms with van der Waals surface area (Å²) in [6.07, 6.45) is 59.8. The average Bonchev–Trinajstić information content (AvgIpc) is 0.913. The molecule has 0 aromatic carbocycles. The first-order valence-corrected chi connectivity index (χ1v) is 45.7. The van der Waals surface area contributed by atoms with Crippen molar-refractivity contribution in [3.63, 3.8) is 0 Å². The van der Waals surface area contributed by atoms with Gasteiger partial charge in [-0.05, 0) is 49.4 Å². The molecule has 0 saturated heterocycles. The predicted octanol–water partition coefficient (Wildman–Crippen LogP) is 24.8. The molecule has 0 bridgehead atoms. The van der Waals surface area contributed by atoms with E-state index in [0.717, 1.165) is 114 Å². The van der Waals surface area contributed by atoms with E-state index < -0.39 is 97.5 Å². The Hall–Kier alpha value is -1.94. The molecule has 6 atom stereocenters. The lowest BCUT2D eigenvalue weighted by molar-refractivity contribution is -0.161. The Kier molecular flexibility index (Phi) is 70.6. The van der Waals surface area contributed by atoms with Gasteiger partial charge in [0.2, 0.25) is 0 Å². The van der Waals surface area contributed by atoms with Gasteiger partial charge in [-0.25, -0.2) is 9.13 Å². The molecular formula is C83H162O17P2. The largest absolute Gasteiger partial charge is 0.472 e. The zero-order valence-corrected chi connectivity index (χ0v) is 69.0. The maximum Gasteiger partial charge on any atom is 0.472 e. The van der Waals surface area contributed by atoms with Gasteiger partial charge in [0.1, 0.15) is 19.3 Å². The minimum Gasteiger partial charge on any atom is -0.462 e. The van der Waals surface area contributed by atoms with Crippen LogP contribution in [0.5, 0.6) is 0 Å². The lowest BCUT2D eigenvalue weighted by Crippen LogP contribution is -2.30. The summed E-state index contributed by atoms with van der Waals surface area (Å²) >= 11 is 0. The van der Waals surface area contributed by atoms with Crippen LogP contribution in [-0.2, 0) is 65.4 Å². The number of carbonyl (C=O) groups is 4. The Morgan fingerprint density at radius 2 is 0.471 bits per heavy atom. The van der Waals surface area contributed by atoms with Crippen LogP contribution in [0.15, 0.2) is 0 Å². The number of hydrogen-bond donors (Lipinski definition) is 3. The first kappa shape index (κ1) is 100. The lowest BCUT2D eigenvalue weighted by Gasteiger charge is -2.21. The van der Waals surface area contributed by atoms with E-state index in [2.05, 4.69) is 55.4 Å². The Bertz CT molecular complexity index is 1990. The Balaban J connectivity index is 5.22. The molecule has 0 aromatic heterocycles. The molecule has 3 N–H and O–H groups in total. The first-order chi connectivity index (χ1) is 49.1. The number of phosphoric ester groups is 2. The minimum atomic E-state index is -4.96. The second-order valence-corrected chi connectivity index (χ2v) is 34.4. The van der Waals surface area contributed by atoms with Crippen LogP contribution in [0.4, 0.5) is 0 Å². The zero-order chi connectivity index (χ0) is 75.3. The zero-order valence-electron chi connectivity index (χ0n) is 67.2. The second kappa shape index (κ2) is 72.0. The van der Waals surface area contributed by atoms with Crippen molar-refractivity contribution < 1.29 is 80.2 Å². The molecule has 17 nitrogen and oxygen atoms in total. The number of esters is 4. The van der Waals surface area contributed by atoms with Crippen LogP contribution in [0.2, 0.25) is 0 Å². The van der Waals surface area contributed by atoms with E-state index in [4.69, 9.17) is 37.0 Å². The summed E-state index contributed by atoms with van der Waals surface area (Å²) in [6, 6.07) is 0. The second-order valence-electron chi connectivity index (χ2n) is 31.5. The number of aliphatic hydroxyl groups excluding tert-OH is 1. The quantitative estimate of drug-likeness (QED) is 0.0222. The third kappa shape index (κ3) is 74.9. The molecule has 0 aliphatic heterocycles. The van der Waals surface area contributed by atoms with Gasteiger partial charge in [0.05, 0.1) is 26.4 Å². The summed E-state index contributed by atoms with van der Waals surface area (Å²) in [5.41, 5.74) is 0. The number of phosphoric acid groups is 2. The van der Waals surface area contributed by atoms with Gasteiger partial charge in [0.15, 0.2) is 12.2 Å². The Labute approximate surface area is 626 Å². The molecule has 19 heteroatoms. The van der Waals surface area contributed by atoms with Gasteiger partial charge in [0.25, 0.3) is 0 Å². The topological polar surface area (TPSA) is 237 Å². The Morgan fingerprint density at radius 1 is 0.275 bits per heavy atom. The van der Waals surface area contributed by atoms with Crippen molar-refractivity contribution in [2.75, 3.05) is 39.6 Å². The number of hydrogen-bond acceptors (Lipinski definition) is 15. The molecule has 0 fully saturated rings. The van der Waals surface area contributed by atoms with Crippen molar-refractivity contribution in [2.24, 2.45) is 23.7 Å². The smallest absolute Gasteiger partial charge is 0.462 e. The maximum absolute atomic E-state index is 13.1. The van der Waals surface area contributed by atoms with E-state index in [-0.39, 0.29) is 25.7 Å². The molecule has 0 amide bonds. The number of ether oxygens (including phenoxy) is 4. The highest BCUT2D eigenvalue weighted by Crippen LogP contribution is 2.45. The molecule has 0 aliphatic rings. The van der Waals surface area contributed by atoms with Crippen LogP contribution in [-0.4, -0.2) is 96.7 Å². The van der Waals surface area contributed by atoms with Crippen LogP contribution >= 0.6 is 15.6 Å². The maximum atomic E-state index is 13.1. The third-order valence-corrected chi connectivity index (χ3v) is 21.6. The molecule has 0 aromatic rings. The summed E-state index contributed by atoms with van der Waals surface area (Å²) in [5, 5.41) is 10.6. The third-order valence-electron chi connectivity index (χ3n) is 19.7. The molecule has 0 rings (SSSR count). The van der Waals surface area contributed by atoms with E-state index in [1.807, 2.05) is 0 Å². The number of rotatable bonds is 80. The fourth-order valence-corrected chi connectivity index (χ4v) is 14.3. The van der Waals surface area contributed by atoms with E-state index in [1.54, 1.807) is 0 Å². The lowest BCUT2D eigenvalue weighted by atomic mass is 9.99. The van der Waals surface area contributed by atoms with E-state index in [9.17, 15) is 43.2 Å². The monoisotopic (exact) mass is 1490 g/mol. The minimum absolute atomic E-state index is 0.105. The van der Waals surface area contributed by atoms with Gasteiger partial charge in [-0.3, -0.25) is 37.3 Å². The molecule has 4 unspecified atom stereocenters. The summed E-state index contributed by atoms with van der Waals surface area (Å²) in [4.78, 5) is 73.1. The van der Waals surface area contributed by atoms with Crippen LogP contribution in [0, 0.1) is 23.7 Å². The van der Waals surface area contributed by atoms with Gasteiger partial charge >= 0.3 is 39.5 Å². The summed E-state index contributed by atoms with van der Waals surface area (Å²) in [5.74, 6) is 1.02. The number of unbranched alkanes of at least 4 members (excludes halogenated alkanes) is 45. The highest BCUT2D eigenvalue weighted by molar-refractivity contribution is 7.47. The van der Waals surface area contributed by atoms with Crippen LogP contribution in [0.1, 0.15) is 428 Å². The first-order valence-electron chi connectivity index (χ1n) is 42.7. The molecular weight excluding hydrogens is 1330 g/mol. The molecule has 0 spiro atoms. The van der Waals surface area contributed by atoms with Crippen molar-refractivity contribution in [1.29, 1.82) is 0 Å². The van der Waals surface area contributed by atoms with Gasteiger partial charge in [-0.1, -0.05) is 376 Å². The van der Waals surface area contributed by atoms with E-state index in [0.29, 0.717) is 25.7 Å². The highest BCUT2D eigenvalue weighted by atomic mass is 31.2. The molecule has 0 saturated carbocycles. The van der Waals surface area contributed by atoms with E-state index >= 15 is 0 Å². The summed E-state index contributed by atoms with van der Waals surface area (Å²) in [6.45, 7) is 14.3. The average molecular weight is 1490 g/mol.